The highest BCUT2D eigenvalue weighted by atomic mass is 35.5. The number of hydrogen-bond donors (Lipinski definition) is 1. The Bertz CT molecular complexity index is 666. The fourth-order valence-corrected chi connectivity index (χ4v) is 1.94. The van der Waals surface area contributed by atoms with Crippen LogP contribution >= 0.6 is 23.2 Å². The molecule has 0 aromatic heterocycles. The Balaban J connectivity index is 2.20. The SMILES string of the molecule is O=C(O)/C=C/c1ccc(Oc2cccc(Cl)c2)c(Cl)c1. The molecule has 2 aromatic carbocycles. The van der Waals surface area contributed by atoms with E-state index in [2.05, 4.69) is 0 Å². The molecule has 0 radical (unpaired) electrons. The van der Waals surface area contributed by atoms with E-state index in [1.165, 1.54) is 6.08 Å². The average molecular weight is 309 g/mol. The molecule has 102 valence electrons. The zero-order chi connectivity index (χ0) is 14.5. The Labute approximate surface area is 126 Å². The number of benzene rings is 2. The molecule has 0 heterocycles. The Kier molecular flexibility index (Phi) is 4.66. The first kappa shape index (κ1) is 14.4. The first-order valence-corrected chi connectivity index (χ1v) is 6.44. The summed E-state index contributed by atoms with van der Waals surface area (Å²) in [5, 5.41) is 9.52. The summed E-state index contributed by atoms with van der Waals surface area (Å²) in [6.45, 7) is 0. The van der Waals surface area contributed by atoms with Gasteiger partial charge in [0.25, 0.3) is 0 Å². The third-order valence-electron chi connectivity index (χ3n) is 2.40. The van der Waals surface area contributed by atoms with E-state index in [0.29, 0.717) is 27.1 Å². The summed E-state index contributed by atoms with van der Waals surface area (Å²) in [6, 6.07) is 12.0. The summed E-state index contributed by atoms with van der Waals surface area (Å²) in [6.07, 6.45) is 2.50. The van der Waals surface area contributed by atoms with Gasteiger partial charge in [0, 0.05) is 11.1 Å². The number of carboxylic acid groups (broad SMARTS) is 1. The van der Waals surface area contributed by atoms with E-state index in [0.717, 1.165) is 6.08 Å². The second-order valence-corrected chi connectivity index (χ2v) is 4.76. The molecule has 5 heteroatoms. The zero-order valence-electron chi connectivity index (χ0n) is 10.2. The lowest BCUT2D eigenvalue weighted by molar-refractivity contribution is -0.131. The van der Waals surface area contributed by atoms with E-state index in [1.807, 2.05) is 0 Å². The van der Waals surface area contributed by atoms with Crippen LogP contribution in [0.15, 0.2) is 48.5 Å². The van der Waals surface area contributed by atoms with Crippen LogP contribution in [0.2, 0.25) is 10.0 Å². The molecular weight excluding hydrogens is 299 g/mol. The average Bonchev–Trinajstić information content (AvgIpc) is 2.39. The Morgan fingerprint density at radius 3 is 2.60 bits per heavy atom. The standard InChI is InChI=1S/C15H10Cl2O3/c16-11-2-1-3-12(9-11)20-14-6-4-10(8-13(14)17)5-7-15(18)19/h1-9H,(H,18,19)/b7-5+. The molecule has 1 N–H and O–H groups in total. The lowest BCUT2D eigenvalue weighted by Crippen LogP contribution is -1.87. The normalized spacial score (nSPS) is 10.7. The smallest absolute Gasteiger partial charge is 0.328 e. The van der Waals surface area contributed by atoms with Crippen LogP contribution in [0.3, 0.4) is 0 Å². The molecule has 0 aliphatic heterocycles. The van der Waals surface area contributed by atoms with Crippen molar-refractivity contribution in [1.29, 1.82) is 0 Å². The highest BCUT2D eigenvalue weighted by molar-refractivity contribution is 6.32. The lowest BCUT2D eigenvalue weighted by Gasteiger charge is -2.08. The minimum absolute atomic E-state index is 0.387. The fraction of sp³-hybridized carbons (Fsp3) is 0. The molecular formula is C15H10Cl2O3. The third kappa shape index (κ3) is 4.02. The van der Waals surface area contributed by atoms with Crippen molar-refractivity contribution in [3.05, 3.63) is 64.1 Å². The molecule has 0 aliphatic rings. The number of carboxylic acids is 1. The molecule has 20 heavy (non-hydrogen) atoms. The first-order valence-electron chi connectivity index (χ1n) is 5.68. The predicted octanol–water partition coefficient (Wildman–Crippen LogP) is 4.88. The monoisotopic (exact) mass is 308 g/mol. The summed E-state index contributed by atoms with van der Waals surface area (Å²) in [7, 11) is 0. The van der Waals surface area contributed by atoms with Gasteiger partial charge in [-0.3, -0.25) is 0 Å². The topological polar surface area (TPSA) is 46.5 Å². The highest BCUT2D eigenvalue weighted by Crippen LogP contribution is 2.31. The highest BCUT2D eigenvalue weighted by Gasteiger charge is 2.04. The zero-order valence-corrected chi connectivity index (χ0v) is 11.7. The number of hydrogen-bond acceptors (Lipinski definition) is 2. The van der Waals surface area contributed by atoms with Gasteiger partial charge in [-0.25, -0.2) is 4.79 Å². The van der Waals surface area contributed by atoms with Crippen molar-refractivity contribution in [3.8, 4) is 11.5 Å². The second-order valence-electron chi connectivity index (χ2n) is 3.92. The van der Waals surface area contributed by atoms with Gasteiger partial charge in [-0.05, 0) is 42.0 Å². The van der Waals surface area contributed by atoms with Crippen LogP contribution in [0.4, 0.5) is 0 Å². The summed E-state index contributed by atoms with van der Waals surface area (Å²) in [5.74, 6) is 0.0370. The number of aliphatic carboxylic acids is 1. The van der Waals surface area contributed by atoms with Crippen LogP contribution in [-0.4, -0.2) is 11.1 Å². The minimum Gasteiger partial charge on any atom is -0.478 e. The van der Waals surface area contributed by atoms with Gasteiger partial charge in [-0.2, -0.15) is 0 Å². The number of carbonyl (C=O) groups is 1. The largest absolute Gasteiger partial charge is 0.478 e. The maximum absolute atomic E-state index is 10.4. The molecule has 2 rings (SSSR count). The van der Waals surface area contributed by atoms with Crippen LogP contribution in [0, 0.1) is 0 Å². The van der Waals surface area contributed by atoms with Gasteiger partial charge in [-0.15, -0.1) is 0 Å². The predicted molar refractivity (Wildman–Crippen MR) is 79.6 cm³/mol. The maximum Gasteiger partial charge on any atom is 0.328 e. The van der Waals surface area contributed by atoms with Crippen molar-refractivity contribution in [2.24, 2.45) is 0 Å². The van der Waals surface area contributed by atoms with Gasteiger partial charge in [0.1, 0.15) is 11.5 Å². The Morgan fingerprint density at radius 2 is 1.95 bits per heavy atom. The summed E-state index contributed by atoms with van der Waals surface area (Å²) in [4.78, 5) is 10.4. The molecule has 2 aromatic rings. The molecule has 0 atom stereocenters. The molecule has 0 saturated heterocycles. The van der Waals surface area contributed by atoms with Crippen molar-refractivity contribution >= 4 is 35.2 Å². The fourth-order valence-electron chi connectivity index (χ4n) is 1.53. The van der Waals surface area contributed by atoms with Crippen molar-refractivity contribution in [1.82, 2.24) is 0 Å². The van der Waals surface area contributed by atoms with E-state index >= 15 is 0 Å². The lowest BCUT2D eigenvalue weighted by atomic mass is 10.2. The third-order valence-corrected chi connectivity index (χ3v) is 2.93. The van der Waals surface area contributed by atoms with Crippen LogP contribution in [0.5, 0.6) is 11.5 Å². The molecule has 0 bridgehead atoms. The van der Waals surface area contributed by atoms with Crippen molar-refractivity contribution < 1.29 is 14.6 Å². The second kappa shape index (κ2) is 6.46. The molecule has 0 fully saturated rings. The van der Waals surface area contributed by atoms with Crippen LogP contribution in [0.25, 0.3) is 6.08 Å². The summed E-state index contributed by atoms with van der Waals surface area (Å²) in [5.41, 5.74) is 0.677. The van der Waals surface area contributed by atoms with E-state index < -0.39 is 5.97 Å². The quantitative estimate of drug-likeness (QED) is 0.818. The Hall–Kier alpha value is -1.97. The van der Waals surface area contributed by atoms with Gasteiger partial charge < -0.3 is 9.84 Å². The van der Waals surface area contributed by atoms with E-state index in [4.69, 9.17) is 33.0 Å². The molecule has 0 aliphatic carbocycles. The van der Waals surface area contributed by atoms with Gasteiger partial charge in [0.2, 0.25) is 0 Å². The van der Waals surface area contributed by atoms with Gasteiger partial charge >= 0.3 is 5.97 Å². The van der Waals surface area contributed by atoms with Crippen LogP contribution < -0.4 is 4.74 Å². The van der Waals surface area contributed by atoms with Crippen LogP contribution in [-0.2, 0) is 4.79 Å². The number of halogens is 2. The minimum atomic E-state index is -1.01. The summed E-state index contributed by atoms with van der Waals surface area (Å²) < 4.78 is 5.61. The maximum atomic E-state index is 10.4. The van der Waals surface area contributed by atoms with Gasteiger partial charge in [-0.1, -0.05) is 35.3 Å². The number of rotatable bonds is 4. The first-order chi connectivity index (χ1) is 9.54. The Morgan fingerprint density at radius 1 is 1.15 bits per heavy atom. The van der Waals surface area contributed by atoms with E-state index in [9.17, 15) is 4.79 Å². The van der Waals surface area contributed by atoms with Gasteiger partial charge in [0.15, 0.2) is 0 Å². The molecule has 0 unspecified atom stereocenters. The van der Waals surface area contributed by atoms with Crippen molar-refractivity contribution in [2.75, 3.05) is 0 Å². The molecule has 0 spiro atoms. The van der Waals surface area contributed by atoms with Crippen molar-refractivity contribution in [3.63, 3.8) is 0 Å². The van der Waals surface area contributed by atoms with Crippen molar-refractivity contribution in [2.45, 2.75) is 0 Å². The van der Waals surface area contributed by atoms with E-state index in [1.54, 1.807) is 42.5 Å². The van der Waals surface area contributed by atoms with Crippen LogP contribution in [0.1, 0.15) is 5.56 Å². The molecule has 0 saturated carbocycles. The van der Waals surface area contributed by atoms with E-state index in [-0.39, 0.29) is 0 Å². The number of ether oxygens (including phenoxy) is 1. The summed E-state index contributed by atoms with van der Waals surface area (Å²) >= 11 is 12.0. The van der Waals surface area contributed by atoms with Gasteiger partial charge in [0.05, 0.1) is 5.02 Å². The molecule has 3 nitrogen and oxygen atoms in total. The molecule has 0 amide bonds.